The first kappa shape index (κ1) is 20.4. The lowest BCUT2D eigenvalue weighted by molar-refractivity contribution is -0.122. The molecule has 9 nitrogen and oxygen atoms in total. The van der Waals surface area contributed by atoms with Crippen LogP contribution in [0.5, 0.6) is 5.75 Å². The first-order chi connectivity index (χ1) is 15.1. The molecular weight excluding hydrogens is 398 g/mol. The molecule has 0 aliphatic carbocycles. The molecule has 1 N–H and O–H groups in total. The molecule has 3 heterocycles. The molecule has 2 saturated heterocycles. The quantitative estimate of drug-likeness (QED) is 0.643. The minimum atomic E-state index is -0.250. The van der Waals surface area contributed by atoms with Crippen LogP contribution in [0.25, 0.3) is 5.69 Å². The number of carbonyl (C=O) groups excluding carboxylic acids is 1. The van der Waals surface area contributed by atoms with Gasteiger partial charge in [0, 0.05) is 37.3 Å². The molecule has 5 rings (SSSR count). The summed E-state index contributed by atoms with van der Waals surface area (Å²) in [5.74, 6) is 0.934. The summed E-state index contributed by atoms with van der Waals surface area (Å²) in [6, 6.07) is 15.7. The van der Waals surface area contributed by atoms with Crippen LogP contribution in [0.15, 0.2) is 61.2 Å². The molecule has 1 aromatic heterocycles. The third-order valence-corrected chi connectivity index (χ3v) is 5.66. The molecule has 2 aromatic carbocycles. The van der Waals surface area contributed by atoms with Gasteiger partial charge < -0.3 is 19.6 Å². The number of hydrogen-bond acceptors (Lipinski definition) is 6. The van der Waals surface area contributed by atoms with Crippen LogP contribution < -0.4 is 9.64 Å². The molecule has 9 heteroatoms. The van der Waals surface area contributed by atoms with Crippen molar-refractivity contribution in [3.05, 3.63) is 66.7 Å². The molecule has 0 saturated carbocycles. The summed E-state index contributed by atoms with van der Waals surface area (Å²) in [6.45, 7) is 3.32. The normalized spacial score (nSPS) is 15.9. The van der Waals surface area contributed by atoms with Gasteiger partial charge in [0.15, 0.2) is 0 Å². The summed E-state index contributed by atoms with van der Waals surface area (Å²) < 4.78 is 7.00. The maximum Gasteiger partial charge on any atom is 0.290 e. The zero-order valence-electron chi connectivity index (χ0n) is 17.1. The predicted molar refractivity (Wildman–Crippen MR) is 114 cm³/mol. The van der Waals surface area contributed by atoms with Crippen LogP contribution in [0.3, 0.4) is 0 Å². The lowest BCUT2D eigenvalue weighted by Gasteiger charge is -2.61. The Kier molecular flexibility index (Phi) is 5.57. The molecule has 31 heavy (non-hydrogen) atoms. The van der Waals surface area contributed by atoms with Crippen LogP contribution in [0.1, 0.15) is 10.4 Å². The van der Waals surface area contributed by atoms with Crippen LogP contribution in [-0.2, 0) is 4.79 Å². The first-order valence-corrected chi connectivity index (χ1v) is 9.79. The Morgan fingerprint density at radius 2 is 1.65 bits per heavy atom. The van der Waals surface area contributed by atoms with E-state index >= 15 is 0 Å². The van der Waals surface area contributed by atoms with Gasteiger partial charge >= 0.3 is 0 Å². The largest absolute Gasteiger partial charge is 0.497 e. The summed E-state index contributed by atoms with van der Waals surface area (Å²) >= 11 is 0. The number of para-hydroxylation sites is 1. The van der Waals surface area contributed by atoms with Gasteiger partial charge in [-0.3, -0.25) is 14.2 Å². The van der Waals surface area contributed by atoms with E-state index in [0.717, 1.165) is 37.6 Å². The third kappa shape index (κ3) is 3.94. The van der Waals surface area contributed by atoms with E-state index in [2.05, 4.69) is 27.2 Å². The number of anilines is 1. The van der Waals surface area contributed by atoms with Crippen LogP contribution in [-0.4, -0.2) is 70.4 Å². The van der Waals surface area contributed by atoms with E-state index in [4.69, 9.17) is 14.6 Å². The van der Waals surface area contributed by atoms with E-state index in [1.165, 1.54) is 5.69 Å². The highest BCUT2D eigenvalue weighted by atomic mass is 16.5. The molecule has 0 unspecified atom stereocenters. The molecule has 3 aromatic rings. The summed E-state index contributed by atoms with van der Waals surface area (Å²) in [4.78, 5) is 25.7. The van der Waals surface area contributed by atoms with Gasteiger partial charge in [-0.2, -0.15) is 0 Å². The molecule has 2 aliphatic rings. The average Bonchev–Trinajstić information content (AvgIpc) is 3.27. The van der Waals surface area contributed by atoms with Crippen molar-refractivity contribution in [3.8, 4) is 11.4 Å². The Bertz CT molecular complexity index is 1040. The van der Waals surface area contributed by atoms with Gasteiger partial charge in [0.25, 0.3) is 12.4 Å². The number of carboxylic acid groups (broad SMARTS) is 1. The molecular formula is C22H23N5O4. The molecule has 160 valence electrons. The molecule has 0 atom stereocenters. The van der Waals surface area contributed by atoms with Crippen molar-refractivity contribution in [2.24, 2.45) is 5.41 Å². The molecule has 1 amide bonds. The lowest BCUT2D eigenvalue weighted by atomic mass is 9.72. The molecule has 0 bridgehead atoms. The summed E-state index contributed by atoms with van der Waals surface area (Å²) in [5, 5.41) is 14.6. The summed E-state index contributed by atoms with van der Waals surface area (Å²) in [5.41, 5.74) is 2.92. The van der Waals surface area contributed by atoms with Crippen molar-refractivity contribution in [1.82, 2.24) is 19.7 Å². The molecule has 2 aliphatic heterocycles. The van der Waals surface area contributed by atoms with Gasteiger partial charge in [0.2, 0.25) is 0 Å². The predicted octanol–water partition coefficient (Wildman–Crippen LogP) is 1.94. The number of hydrogen-bond donors (Lipinski definition) is 1. The second-order valence-corrected chi connectivity index (χ2v) is 7.71. The summed E-state index contributed by atoms with van der Waals surface area (Å²) in [6.07, 6.45) is 3.23. The van der Waals surface area contributed by atoms with Gasteiger partial charge in [0.1, 0.15) is 18.4 Å². The number of methoxy groups -OCH3 is 1. The van der Waals surface area contributed by atoms with Gasteiger partial charge in [0.05, 0.1) is 18.4 Å². The summed E-state index contributed by atoms with van der Waals surface area (Å²) in [7, 11) is 1.68. The number of amides is 1. The Morgan fingerprint density at radius 1 is 1.03 bits per heavy atom. The third-order valence-electron chi connectivity index (χ3n) is 5.66. The van der Waals surface area contributed by atoms with Crippen LogP contribution in [0.4, 0.5) is 5.69 Å². The Hall–Kier alpha value is -3.88. The van der Waals surface area contributed by atoms with E-state index < -0.39 is 0 Å². The fourth-order valence-corrected chi connectivity index (χ4v) is 4.22. The minimum absolute atomic E-state index is 0.0674. The highest BCUT2D eigenvalue weighted by Gasteiger charge is 2.53. The van der Waals surface area contributed by atoms with Gasteiger partial charge in [-0.15, -0.1) is 10.2 Å². The van der Waals surface area contributed by atoms with Gasteiger partial charge in [-0.1, -0.05) is 12.1 Å². The Labute approximate surface area is 179 Å². The topological polar surface area (TPSA) is 101 Å². The smallest absolute Gasteiger partial charge is 0.290 e. The number of carbonyl (C=O) groups is 2. The SMILES string of the molecule is COc1ccc(N2CC3(CN(C(=O)c4ccccc4-n4cnnc4)C3)C2)cc1.O=CO. The van der Waals surface area contributed by atoms with Gasteiger partial charge in [-0.05, 0) is 36.4 Å². The fourth-order valence-electron chi connectivity index (χ4n) is 4.22. The molecule has 2 fully saturated rings. The van der Waals surface area contributed by atoms with E-state index in [9.17, 15) is 4.79 Å². The van der Waals surface area contributed by atoms with Crippen LogP contribution in [0.2, 0.25) is 0 Å². The van der Waals surface area contributed by atoms with Crippen LogP contribution in [0, 0.1) is 5.41 Å². The molecule has 1 spiro atoms. The van der Waals surface area contributed by atoms with Crippen LogP contribution >= 0.6 is 0 Å². The zero-order valence-corrected chi connectivity index (χ0v) is 17.1. The number of aromatic nitrogens is 3. The van der Waals surface area contributed by atoms with E-state index in [-0.39, 0.29) is 17.8 Å². The van der Waals surface area contributed by atoms with Gasteiger partial charge in [-0.25, -0.2) is 0 Å². The van der Waals surface area contributed by atoms with E-state index in [0.29, 0.717) is 5.56 Å². The van der Waals surface area contributed by atoms with Crippen molar-refractivity contribution < 1.29 is 19.4 Å². The highest BCUT2D eigenvalue weighted by Crippen LogP contribution is 2.42. The van der Waals surface area contributed by atoms with Crippen molar-refractivity contribution in [1.29, 1.82) is 0 Å². The second-order valence-electron chi connectivity index (χ2n) is 7.71. The maximum atomic E-state index is 13.0. The maximum absolute atomic E-state index is 13.0. The average molecular weight is 421 g/mol. The Balaban J connectivity index is 0.000000730. The first-order valence-electron chi connectivity index (χ1n) is 9.79. The van der Waals surface area contributed by atoms with Crippen molar-refractivity contribution in [3.63, 3.8) is 0 Å². The molecule has 0 radical (unpaired) electrons. The lowest BCUT2D eigenvalue weighted by Crippen LogP contribution is -2.73. The zero-order chi connectivity index (χ0) is 21.8. The minimum Gasteiger partial charge on any atom is -0.497 e. The van der Waals surface area contributed by atoms with Crippen molar-refractivity contribution in [2.45, 2.75) is 0 Å². The highest BCUT2D eigenvalue weighted by molar-refractivity contribution is 5.98. The second kappa shape index (κ2) is 8.47. The van der Waals surface area contributed by atoms with Crippen molar-refractivity contribution in [2.75, 3.05) is 38.2 Å². The number of nitrogens with zero attached hydrogens (tertiary/aromatic N) is 5. The van der Waals surface area contributed by atoms with Crippen molar-refractivity contribution >= 4 is 18.1 Å². The number of rotatable bonds is 4. The van der Waals surface area contributed by atoms with E-state index in [1.54, 1.807) is 24.3 Å². The fraction of sp³-hybridized carbons (Fsp3) is 0.273. The number of likely N-dealkylation sites (tertiary alicyclic amines) is 1. The Morgan fingerprint density at radius 3 is 2.26 bits per heavy atom. The monoisotopic (exact) mass is 421 g/mol. The standard InChI is InChI=1S/C21H21N5O2.CH2O2/c1-28-17-8-6-16(7-9-17)24-10-21(11-24)12-25(13-21)20(27)18-4-2-3-5-19(18)26-14-22-23-15-26;2-1-3/h2-9,14-15H,10-13H2,1H3;1H,(H,2,3). The van der Waals surface area contributed by atoms with E-state index in [1.807, 2.05) is 41.3 Å². The number of benzene rings is 2. The number of ether oxygens (including phenoxy) is 1.